The smallest absolute Gasteiger partial charge is 0.278 e. The number of ketones is 1. The standard InChI is InChI=1S/C13H15NO3/c1-2-3-5-10-12(14(16)17)13(15)11-8-6-4-7-9-11/h3-9,12H,2,10H2,1H3/b5-3+. The van der Waals surface area contributed by atoms with E-state index in [1.165, 1.54) is 0 Å². The highest BCUT2D eigenvalue weighted by molar-refractivity contribution is 5.99. The van der Waals surface area contributed by atoms with Gasteiger partial charge in [0.15, 0.2) is 0 Å². The van der Waals surface area contributed by atoms with Crippen molar-refractivity contribution in [1.82, 2.24) is 0 Å². The zero-order chi connectivity index (χ0) is 12.7. The van der Waals surface area contributed by atoms with Crippen LogP contribution in [0.15, 0.2) is 42.5 Å². The van der Waals surface area contributed by atoms with Crippen molar-refractivity contribution in [2.75, 3.05) is 0 Å². The Morgan fingerprint density at radius 2 is 2.00 bits per heavy atom. The van der Waals surface area contributed by atoms with Crippen LogP contribution in [-0.4, -0.2) is 16.7 Å². The molecule has 0 spiro atoms. The zero-order valence-electron chi connectivity index (χ0n) is 9.70. The van der Waals surface area contributed by atoms with Gasteiger partial charge in [0.1, 0.15) is 0 Å². The summed E-state index contributed by atoms with van der Waals surface area (Å²) in [7, 11) is 0. The van der Waals surface area contributed by atoms with Crippen LogP contribution in [0.5, 0.6) is 0 Å². The van der Waals surface area contributed by atoms with E-state index >= 15 is 0 Å². The number of benzene rings is 1. The molecule has 17 heavy (non-hydrogen) atoms. The zero-order valence-corrected chi connectivity index (χ0v) is 9.70. The minimum atomic E-state index is -1.18. The SMILES string of the molecule is CC/C=C/CC(C(=O)c1ccccc1)[N+](=O)[O-]. The van der Waals surface area contributed by atoms with E-state index in [0.29, 0.717) is 5.56 Å². The summed E-state index contributed by atoms with van der Waals surface area (Å²) in [6.07, 6.45) is 4.47. The van der Waals surface area contributed by atoms with Gasteiger partial charge in [-0.1, -0.05) is 49.4 Å². The molecule has 0 saturated carbocycles. The molecule has 0 amide bonds. The Morgan fingerprint density at radius 3 is 2.53 bits per heavy atom. The minimum Gasteiger partial charge on any atom is -0.286 e. The van der Waals surface area contributed by atoms with Crippen molar-refractivity contribution in [2.45, 2.75) is 25.8 Å². The van der Waals surface area contributed by atoms with Gasteiger partial charge in [-0.05, 0) is 6.42 Å². The molecule has 0 heterocycles. The molecule has 0 bridgehead atoms. The Hall–Kier alpha value is -1.97. The summed E-state index contributed by atoms with van der Waals surface area (Å²) in [6.45, 7) is 1.94. The second-order valence-electron chi connectivity index (χ2n) is 3.65. The van der Waals surface area contributed by atoms with Gasteiger partial charge in [-0.2, -0.15) is 0 Å². The Balaban J connectivity index is 2.81. The lowest BCUT2D eigenvalue weighted by molar-refractivity contribution is -0.504. The fourth-order valence-electron chi connectivity index (χ4n) is 1.48. The highest BCUT2D eigenvalue weighted by Gasteiger charge is 2.28. The van der Waals surface area contributed by atoms with E-state index in [9.17, 15) is 14.9 Å². The van der Waals surface area contributed by atoms with Gasteiger partial charge in [-0.3, -0.25) is 14.9 Å². The fraction of sp³-hybridized carbons (Fsp3) is 0.308. The third-order valence-corrected chi connectivity index (χ3v) is 2.38. The molecule has 1 unspecified atom stereocenters. The van der Waals surface area contributed by atoms with Gasteiger partial charge >= 0.3 is 0 Å². The summed E-state index contributed by atoms with van der Waals surface area (Å²) in [5.74, 6) is -0.434. The molecule has 0 radical (unpaired) electrons. The average molecular weight is 233 g/mol. The normalized spacial score (nSPS) is 12.5. The molecule has 1 aromatic carbocycles. The van der Waals surface area contributed by atoms with Gasteiger partial charge in [0, 0.05) is 16.9 Å². The lowest BCUT2D eigenvalue weighted by Gasteiger charge is -2.05. The molecular weight excluding hydrogens is 218 g/mol. The maximum absolute atomic E-state index is 11.9. The average Bonchev–Trinajstić information content (AvgIpc) is 2.34. The topological polar surface area (TPSA) is 60.2 Å². The van der Waals surface area contributed by atoms with Crippen LogP contribution in [0.4, 0.5) is 0 Å². The van der Waals surface area contributed by atoms with E-state index in [1.807, 2.05) is 13.0 Å². The summed E-state index contributed by atoms with van der Waals surface area (Å²) in [5.41, 5.74) is 0.388. The maximum atomic E-state index is 11.9. The van der Waals surface area contributed by atoms with Crippen LogP contribution in [0.1, 0.15) is 30.1 Å². The van der Waals surface area contributed by atoms with Crippen LogP contribution >= 0.6 is 0 Å². The number of hydrogen-bond donors (Lipinski definition) is 0. The summed E-state index contributed by atoms with van der Waals surface area (Å²) in [6, 6.07) is 7.19. The molecule has 0 aliphatic carbocycles. The maximum Gasteiger partial charge on any atom is 0.278 e. The van der Waals surface area contributed by atoms with Crippen LogP contribution in [0.2, 0.25) is 0 Å². The van der Waals surface area contributed by atoms with Gasteiger partial charge in [-0.15, -0.1) is 0 Å². The minimum absolute atomic E-state index is 0.147. The van der Waals surface area contributed by atoms with E-state index in [0.717, 1.165) is 6.42 Å². The van der Waals surface area contributed by atoms with E-state index in [1.54, 1.807) is 36.4 Å². The summed E-state index contributed by atoms with van der Waals surface area (Å²) in [4.78, 5) is 22.2. The van der Waals surface area contributed by atoms with Crippen molar-refractivity contribution < 1.29 is 9.72 Å². The van der Waals surface area contributed by atoms with Crippen molar-refractivity contribution >= 4 is 5.78 Å². The number of hydrogen-bond acceptors (Lipinski definition) is 3. The highest BCUT2D eigenvalue weighted by Crippen LogP contribution is 2.09. The number of carbonyl (C=O) groups excluding carboxylic acids is 1. The number of carbonyl (C=O) groups is 1. The van der Waals surface area contributed by atoms with Gasteiger partial charge in [-0.25, -0.2) is 0 Å². The third-order valence-electron chi connectivity index (χ3n) is 2.38. The van der Waals surface area contributed by atoms with E-state index in [-0.39, 0.29) is 6.42 Å². The Kier molecular flexibility index (Phi) is 5.07. The summed E-state index contributed by atoms with van der Waals surface area (Å²) < 4.78 is 0. The van der Waals surface area contributed by atoms with Crippen molar-refractivity contribution in [2.24, 2.45) is 0 Å². The second-order valence-corrected chi connectivity index (χ2v) is 3.65. The van der Waals surface area contributed by atoms with Gasteiger partial charge in [0.05, 0.1) is 0 Å². The van der Waals surface area contributed by atoms with E-state index in [2.05, 4.69) is 0 Å². The number of Topliss-reactive ketones (excluding diaryl/α,β-unsaturated/α-hetero) is 1. The first-order chi connectivity index (χ1) is 8.16. The van der Waals surface area contributed by atoms with Crippen LogP contribution in [0, 0.1) is 10.1 Å². The monoisotopic (exact) mass is 233 g/mol. The summed E-state index contributed by atoms with van der Waals surface area (Å²) >= 11 is 0. The number of allylic oxidation sites excluding steroid dienone is 1. The Morgan fingerprint density at radius 1 is 1.35 bits per heavy atom. The molecular formula is C13H15NO3. The van der Waals surface area contributed by atoms with Crippen LogP contribution in [0.3, 0.4) is 0 Å². The first-order valence-corrected chi connectivity index (χ1v) is 5.54. The molecule has 0 aliphatic heterocycles. The predicted octanol–water partition coefficient (Wildman–Crippen LogP) is 2.87. The van der Waals surface area contributed by atoms with Crippen molar-refractivity contribution in [3.63, 3.8) is 0 Å². The molecule has 0 N–H and O–H groups in total. The highest BCUT2D eigenvalue weighted by atomic mass is 16.6. The second kappa shape index (κ2) is 6.58. The van der Waals surface area contributed by atoms with Gasteiger partial charge in [0.2, 0.25) is 5.78 Å². The summed E-state index contributed by atoms with van der Waals surface area (Å²) in [5, 5.41) is 10.9. The molecule has 4 heteroatoms. The molecule has 0 aliphatic rings. The lowest BCUT2D eigenvalue weighted by Crippen LogP contribution is -2.29. The molecule has 1 atom stereocenters. The first-order valence-electron chi connectivity index (χ1n) is 5.54. The van der Waals surface area contributed by atoms with Gasteiger partial charge < -0.3 is 0 Å². The quantitative estimate of drug-likeness (QED) is 0.328. The van der Waals surface area contributed by atoms with Crippen molar-refractivity contribution in [3.8, 4) is 0 Å². The molecule has 0 saturated heterocycles. The number of nitrogens with zero attached hydrogens (tertiary/aromatic N) is 1. The number of nitro groups is 1. The molecule has 0 fully saturated rings. The largest absolute Gasteiger partial charge is 0.286 e. The van der Waals surface area contributed by atoms with Crippen molar-refractivity contribution in [3.05, 3.63) is 58.2 Å². The predicted molar refractivity (Wildman–Crippen MR) is 65.6 cm³/mol. The first kappa shape index (κ1) is 13.1. The van der Waals surface area contributed by atoms with Crippen LogP contribution in [-0.2, 0) is 0 Å². The molecule has 1 aromatic rings. The lowest BCUT2D eigenvalue weighted by atomic mass is 10.0. The Bertz CT molecular complexity index is 412. The van der Waals surface area contributed by atoms with Crippen molar-refractivity contribution in [1.29, 1.82) is 0 Å². The molecule has 90 valence electrons. The van der Waals surface area contributed by atoms with Crippen LogP contribution in [0.25, 0.3) is 0 Å². The van der Waals surface area contributed by atoms with Crippen LogP contribution < -0.4 is 0 Å². The third kappa shape index (κ3) is 3.83. The van der Waals surface area contributed by atoms with E-state index < -0.39 is 16.7 Å². The van der Waals surface area contributed by atoms with E-state index in [4.69, 9.17) is 0 Å². The van der Waals surface area contributed by atoms with Gasteiger partial charge in [0.25, 0.3) is 6.04 Å². The Labute approximate surface area is 100 Å². The molecule has 0 aromatic heterocycles. The molecule has 1 rings (SSSR count). The fourth-order valence-corrected chi connectivity index (χ4v) is 1.48. The molecule has 4 nitrogen and oxygen atoms in total. The number of rotatable bonds is 6.